The van der Waals surface area contributed by atoms with Gasteiger partial charge in [0.2, 0.25) is 0 Å². The first-order valence-corrected chi connectivity index (χ1v) is 37.4. The highest BCUT2D eigenvalue weighted by Gasteiger charge is 2.52. The van der Waals surface area contributed by atoms with E-state index in [1.54, 1.807) is 24.6 Å². The molecule has 2 aliphatic carbocycles. The molecule has 0 N–H and O–H groups in total. The number of morpholine rings is 4. The Labute approximate surface area is 600 Å². The third-order valence-electron chi connectivity index (χ3n) is 18.5. The van der Waals surface area contributed by atoms with E-state index in [4.69, 9.17) is 37.7 Å². The van der Waals surface area contributed by atoms with E-state index in [9.17, 15) is 14.4 Å². The number of hydrogen-bond donors (Lipinski definition) is 0. The van der Waals surface area contributed by atoms with Gasteiger partial charge in [-0.1, -0.05) is 74.3 Å². The van der Waals surface area contributed by atoms with Crippen molar-refractivity contribution in [2.24, 2.45) is 0 Å². The van der Waals surface area contributed by atoms with Gasteiger partial charge in [-0.3, -0.25) is 28.6 Å². The molecule has 7 aliphatic rings. The van der Waals surface area contributed by atoms with Crippen molar-refractivity contribution < 1.29 is 52.1 Å². The largest absolute Gasteiger partial charge is 0.497 e. The number of thiazole rings is 2. The molecule has 0 unspecified atom stereocenters. The van der Waals surface area contributed by atoms with Gasteiger partial charge >= 0.3 is 19.1 Å². The van der Waals surface area contributed by atoms with Crippen molar-refractivity contribution in [1.29, 1.82) is 0 Å². The number of nitrogens with zero attached hydrogens (tertiary/aromatic N) is 8. The lowest BCUT2D eigenvalue weighted by Gasteiger charge is -2.32. The summed E-state index contributed by atoms with van der Waals surface area (Å²) in [7, 11) is -0.508. The van der Waals surface area contributed by atoms with Crippen molar-refractivity contribution in [3.8, 4) is 10.3 Å². The molecular formula is C72H82BBr3N8O11S2. The van der Waals surface area contributed by atoms with Crippen LogP contribution in [-0.4, -0.2) is 193 Å². The van der Waals surface area contributed by atoms with Gasteiger partial charge in [-0.15, -0.1) is 22.7 Å². The Bertz CT molecular complexity index is 4170. The summed E-state index contributed by atoms with van der Waals surface area (Å²) in [4.78, 5) is 54.6. The predicted molar refractivity (Wildman–Crippen MR) is 392 cm³/mol. The molecule has 0 spiro atoms. The van der Waals surface area contributed by atoms with Gasteiger partial charge in [0.1, 0.15) is 0 Å². The Balaban J connectivity index is 0.000000129. The van der Waals surface area contributed by atoms with Crippen LogP contribution >= 0.6 is 70.5 Å². The lowest BCUT2D eigenvalue weighted by molar-refractivity contribution is 0.00578. The molecule has 25 heteroatoms. The smallest absolute Gasteiger partial charge is 0.461 e. The normalized spacial score (nSPS) is 18.4. The molecule has 4 aromatic carbocycles. The highest BCUT2D eigenvalue weighted by Crippen LogP contribution is 2.39. The van der Waals surface area contributed by atoms with Crippen molar-refractivity contribution in [2.45, 2.75) is 85.2 Å². The van der Waals surface area contributed by atoms with Gasteiger partial charge in [0.15, 0.2) is 21.7 Å². The molecule has 0 bridgehead atoms. The van der Waals surface area contributed by atoms with Crippen molar-refractivity contribution in [3.63, 3.8) is 0 Å². The van der Waals surface area contributed by atoms with E-state index in [2.05, 4.69) is 167 Å². The van der Waals surface area contributed by atoms with E-state index in [0.29, 0.717) is 56.0 Å². The second-order valence-corrected chi connectivity index (χ2v) is 29.7. The molecule has 4 aromatic heterocycles. The highest BCUT2D eigenvalue weighted by atomic mass is 79.9. The van der Waals surface area contributed by atoms with Gasteiger partial charge in [-0.05, 0) is 152 Å². The monoisotopic (exact) mass is 1550 g/mol. The molecular weight excluding hydrogens is 1470 g/mol. The maximum Gasteiger partial charge on any atom is 0.497 e. The number of rotatable bonds is 14. The molecule has 5 fully saturated rings. The molecule has 0 atom stereocenters. The fourth-order valence-corrected chi connectivity index (χ4v) is 15.6. The molecule has 1 amide bonds. The van der Waals surface area contributed by atoms with Crippen molar-refractivity contribution in [2.75, 3.05) is 118 Å². The first-order valence-electron chi connectivity index (χ1n) is 33.2. The summed E-state index contributed by atoms with van der Waals surface area (Å²) in [5.41, 5.74) is 12.7. The van der Waals surface area contributed by atoms with Crippen LogP contribution in [0.25, 0.3) is 41.0 Å². The Hall–Kier alpha value is -5.75. The van der Waals surface area contributed by atoms with Gasteiger partial charge in [0.25, 0.3) is 5.91 Å². The Kier molecular flexibility index (Phi) is 23.7. The minimum atomic E-state index is -0.508. The lowest BCUT2D eigenvalue weighted by Crippen LogP contribution is -2.41. The molecule has 5 saturated heterocycles. The molecule has 512 valence electrons. The topological polar surface area (TPSA) is 174 Å². The van der Waals surface area contributed by atoms with Crippen LogP contribution in [-0.2, 0) is 70.2 Å². The number of hydrogen-bond acceptors (Lipinski definition) is 18. The zero-order valence-corrected chi connectivity index (χ0v) is 62.1. The fourth-order valence-electron chi connectivity index (χ4n) is 12.4. The van der Waals surface area contributed by atoms with Gasteiger partial charge in [0.05, 0.1) is 88.3 Å². The van der Waals surface area contributed by atoms with Gasteiger partial charge in [0, 0.05) is 130 Å². The number of aromatic nitrogens is 4. The van der Waals surface area contributed by atoms with Crippen LogP contribution in [0.15, 0.2) is 113 Å². The van der Waals surface area contributed by atoms with E-state index < -0.39 is 24.3 Å². The number of amides is 1. The zero-order valence-electron chi connectivity index (χ0n) is 55.8. The summed E-state index contributed by atoms with van der Waals surface area (Å²) in [6.07, 6.45) is 10.4. The van der Waals surface area contributed by atoms with Crippen molar-refractivity contribution in [1.82, 2.24) is 38.7 Å². The summed E-state index contributed by atoms with van der Waals surface area (Å²) in [5.74, 6) is -0.693. The van der Waals surface area contributed by atoms with Crippen LogP contribution in [0, 0.1) is 0 Å². The van der Waals surface area contributed by atoms with Crippen LogP contribution in [0.4, 0.5) is 0 Å². The minimum absolute atomic E-state index is 0.105. The number of carbonyl (C=O) groups excluding carboxylic acids is 3. The van der Waals surface area contributed by atoms with Crippen LogP contribution in [0.3, 0.4) is 0 Å². The van der Waals surface area contributed by atoms with Gasteiger partial charge in [-0.2, -0.15) is 0 Å². The van der Waals surface area contributed by atoms with Crippen LogP contribution in [0.2, 0.25) is 0 Å². The number of fused-ring (bicyclic) bond motifs is 4. The second-order valence-electron chi connectivity index (χ2n) is 25.5. The Morgan fingerprint density at radius 2 is 0.959 bits per heavy atom. The minimum Gasteiger partial charge on any atom is -0.461 e. The quantitative estimate of drug-likeness (QED) is 0.0742. The molecule has 0 radical (unpaired) electrons. The lowest BCUT2D eigenvalue weighted by atomic mass is 9.79. The molecule has 15 rings (SSSR count). The molecule has 19 nitrogen and oxygen atoms in total. The van der Waals surface area contributed by atoms with Crippen LogP contribution < -0.4 is 5.46 Å². The number of allylic oxidation sites excluding steroid dienone is 2. The van der Waals surface area contributed by atoms with Crippen LogP contribution in [0.5, 0.6) is 0 Å². The second kappa shape index (κ2) is 32.3. The number of esters is 2. The van der Waals surface area contributed by atoms with E-state index in [1.807, 2.05) is 44.6 Å². The van der Waals surface area contributed by atoms with Gasteiger partial charge in [-0.25, -0.2) is 19.6 Å². The number of halogens is 3. The first kappa shape index (κ1) is 71.1. The standard InChI is InChI=1S/C25H32BN3O5S.C19H20BrN3O3S.C14H14BrNO2.C14H16BrNO/c1-6-32-22(30)20-16-35-23(27-20)29-15-19(26-33-24(2,3)25(4,5)34-26)18-13-17(7-8-21(18)29)14-28-9-11-31-12-10-28;1-2-26-18(24)16-12-27-19(21-16)23-11-15(20)14-9-13(3-4-17(14)23)10-22-5-7-25-8-6-22;15-13-4-3-10-1-2-11(9-12(10)13)14(17)16-5-7-18-8-6-16;15-14-4-3-12-2-1-11(9-13(12)14)10-16-5-7-17-8-6-16/h7-8,13,15-16H,6,9-12,14H2,1-5H3;3-4,9,11-12H,2,5-8,10H2,1H3;1-2,4,9H,3,5-8H2;1-2,4,9H,3,5-8,10H2. The van der Waals surface area contributed by atoms with E-state index in [1.165, 1.54) is 60.5 Å². The molecule has 5 aliphatic heterocycles. The number of carbonyl (C=O) groups is 3. The summed E-state index contributed by atoms with van der Waals surface area (Å²) in [6, 6.07) is 25.8. The van der Waals surface area contributed by atoms with E-state index in [-0.39, 0.29) is 11.9 Å². The zero-order chi connectivity index (χ0) is 67.8. The molecule has 97 heavy (non-hydrogen) atoms. The van der Waals surface area contributed by atoms with Crippen molar-refractivity contribution in [3.05, 3.63) is 168 Å². The summed E-state index contributed by atoms with van der Waals surface area (Å²) in [6.45, 7) is 28.7. The molecule has 0 saturated carbocycles. The summed E-state index contributed by atoms with van der Waals surface area (Å²) in [5, 5.41) is 7.10. The predicted octanol–water partition coefficient (Wildman–Crippen LogP) is 12.5. The summed E-state index contributed by atoms with van der Waals surface area (Å²) < 4.78 is 51.9. The Morgan fingerprint density at radius 3 is 1.45 bits per heavy atom. The van der Waals surface area contributed by atoms with Crippen LogP contribution in [0.1, 0.15) is 112 Å². The molecule has 8 aromatic rings. The summed E-state index contributed by atoms with van der Waals surface area (Å²) >= 11 is 13.7. The maximum atomic E-state index is 12.3. The van der Waals surface area contributed by atoms with Gasteiger partial charge < -0.3 is 42.6 Å². The average Bonchev–Trinajstić information content (AvgIpc) is 1.59. The van der Waals surface area contributed by atoms with E-state index >= 15 is 0 Å². The number of benzene rings is 4. The highest BCUT2D eigenvalue weighted by molar-refractivity contribution is 9.15. The maximum absolute atomic E-state index is 12.3. The first-order chi connectivity index (χ1) is 46.9. The SMILES string of the molecule is BrC1=CCc2ccc(CN3CCOCC3)cc21.CCOC(=O)c1csc(-n2cc(B3OC(C)(C)C(C)(C)O3)c3cc(CN4CCOCC4)ccc32)n1.CCOC(=O)c1csc(-n2cc(Br)c3cc(CN4CCOCC4)ccc32)n1.O=C(c1ccc2c(c1)C(Br)=CC2)N1CCOCC1. The van der Waals surface area contributed by atoms with Crippen molar-refractivity contribution >= 4 is 132 Å². The third-order valence-corrected chi connectivity index (χ3v) is 22.3. The Morgan fingerprint density at radius 1 is 0.536 bits per heavy atom. The third kappa shape index (κ3) is 17.0. The number of ether oxygens (including phenoxy) is 6. The fraction of sp³-hybridized carbons (Fsp3) is 0.431. The average molecular weight is 1550 g/mol. The van der Waals surface area contributed by atoms with E-state index in [0.717, 1.165) is 164 Å². The molecule has 9 heterocycles.